The standard InChI is InChI=1S/C23H21NO3/c1-24(19-12-6-3-7-13-19)22(25)20-14-8-9-15-21(20)23(26)27-17-16-18-10-4-2-5-11-18/h2-15H,16-17H2,1H3. The van der Waals surface area contributed by atoms with E-state index in [4.69, 9.17) is 4.74 Å². The van der Waals surface area contributed by atoms with Gasteiger partial charge in [0.1, 0.15) is 0 Å². The zero-order valence-electron chi connectivity index (χ0n) is 15.2. The molecule has 0 aliphatic rings. The van der Waals surface area contributed by atoms with E-state index >= 15 is 0 Å². The van der Waals surface area contributed by atoms with Gasteiger partial charge in [0.15, 0.2) is 0 Å². The van der Waals surface area contributed by atoms with Gasteiger partial charge in [-0.25, -0.2) is 4.79 Å². The van der Waals surface area contributed by atoms with Crippen molar-refractivity contribution < 1.29 is 14.3 Å². The number of anilines is 1. The number of benzene rings is 3. The monoisotopic (exact) mass is 359 g/mol. The van der Waals surface area contributed by atoms with Crippen LogP contribution in [0.25, 0.3) is 0 Å². The van der Waals surface area contributed by atoms with Gasteiger partial charge in [-0.3, -0.25) is 4.79 Å². The van der Waals surface area contributed by atoms with Crippen LogP contribution in [0, 0.1) is 0 Å². The van der Waals surface area contributed by atoms with Crippen molar-refractivity contribution in [2.75, 3.05) is 18.6 Å². The molecule has 0 unspecified atom stereocenters. The van der Waals surface area contributed by atoms with Gasteiger partial charge < -0.3 is 9.64 Å². The molecule has 0 fully saturated rings. The van der Waals surface area contributed by atoms with Crippen LogP contribution >= 0.6 is 0 Å². The molecule has 3 aromatic rings. The minimum atomic E-state index is -0.489. The van der Waals surface area contributed by atoms with Crippen LogP contribution in [-0.4, -0.2) is 25.5 Å². The van der Waals surface area contributed by atoms with Gasteiger partial charge in [-0.15, -0.1) is 0 Å². The number of ether oxygens (including phenoxy) is 1. The molecule has 0 spiro atoms. The number of esters is 1. The van der Waals surface area contributed by atoms with Gasteiger partial charge in [-0.05, 0) is 29.8 Å². The van der Waals surface area contributed by atoms with Crippen LogP contribution in [0.3, 0.4) is 0 Å². The highest BCUT2D eigenvalue weighted by molar-refractivity contribution is 6.11. The molecule has 0 aromatic heterocycles. The molecular formula is C23H21NO3. The maximum absolute atomic E-state index is 12.9. The highest BCUT2D eigenvalue weighted by Gasteiger charge is 2.21. The molecule has 3 rings (SSSR count). The van der Waals surface area contributed by atoms with Gasteiger partial charge in [0.2, 0.25) is 0 Å². The molecule has 4 heteroatoms. The summed E-state index contributed by atoms with van der Waals surface area (Å²) in [5.41, 5.74) is 2.46. The zero-order chi connectivity index (χ0) is 19.1. The maximum atomic E-state index is 12.9. The first kappa shape index (κ1) is 18.4. The van der Waals surface area contributed by atoms with Gasteiger partial charge in [0.05, 0.1) is 17.7 Å². The van der Waals surface area contributed by atoms with E-state index in [2.05, 4.69) is 0 Å². The predicted octanol–water partition coefficient (Wildman–Crippen LogP) is 4.36. The highest BCUT2D eigenvalue weighted by Crippen LogP contribution is 2.18. The Labute approximate surface area is 159 Å². The Bertz CT molecular complexity index is 907. The zero-order valence-corrected chi connectivity index (χ0v) is 15.2. The van der Waals surface area contributed by atoms with Crippen molar-refractivity contribution in [2.24, 2.45) is 0 Å². The van der Waals surface area contributed by atoms with Crippen molar-refractivity contribution >= 4 is 17.6 Å². The number of para-hydroxylation sites is 1. The summed E-state index contributed by atoms with van der Waals surface area (Å²) in [5.74, 6) is -0.742. The number of carbonyl (C=O) groups is 2. The molecule has 0 saturated carbocycles. The molecule has 0 aliphatic carbocycles. The van der Waals surface area contributed by atoms with E-state index in [9.17, 15) is 9.59 Å². The van der Waals surface area contributed by atoms with Crippen molar-refractivity contribution in [1.82, 2.24) is 0 Å². The number of rotatable bonds is 6. The second kappa shape index (κ2) is 8.81. The van der Waals surface area contributed by atoms with Crippen LogP contribution in [0.2, 0.25) is 0 Å². The number of nitrogens with zero attached hydrogens (tertiary/aromatic N) is 1. The molecule has 0 saturated heterocycles. The molecule has 1 amide bonds. The van der Waals surface area contributed by atoms with Crippen LogP contribution in [0.1, 0.15) is 26.3 Å². The first-order valence-electron chi connectivity index (χ1n) is 8.80. The van der Waals surface area contributed by atoms with E-state index in [1.54, 1.807) is 31.3 Å². The maximum Gasteiger partial charge on any atom is 0.338 e. The topological polar surface area (TPSA) is 46.6 Å². The summed E-state index contributed by atoms with van der Waals surface area (Å²) in [4.78, 5) is 26.9. The highest BCUT2D eigenvalue weighted by atomic mass is 16.5. The van der Waals surface area contributed by atoms with Gasteiger partial charge in [0, 0.05) is 19.2 Å². The van der Waals surface area contributed by atoms with Crippen LogP contribution in [0.15, 0.2) is 84.9 Å². The van der Waals surface area contributed by atoms with Crippen LogP contribution < -0.4 is 4.90 Å². The minimum absolute atomic E-state index is 0.253. The molecule has 136 valence electrons. The Morgan fingerprint density at radius 3 is 2.00 bits per heavy atom. The summed E-state index contributed by atoms with van der Waals surface area (Å²) >= 11 is 0. The van der Waals surface area contributed by atoms with Gasteiger partial charge in [0.25, 0.3) is 5.91 Å². The molecule has 0 atom stereocenters. The van der Waals surface area contributed by atoms with Crippen molar-refractivity contribution in [3.05, 3.63) is 102 Å². The number of hydrogen-bond donors (Lipinski definition) is 0. The van der Waals surface area contributed by atoms with Crippen molar-refractivity contribution in [2.45, 2.75) is 6.42 Å². The summed E-state index contributed by atoms with van der Waals surface area (Å²) in [6.07, 6.45) is 0.632. The Hall–Kier alpha value is -3.40. The lowest BCUT2D eigenvalue weighted by Crippen LogP contribution is -2.28. The number of amides is 1. The Morgan fingerprint density at radius 1 is 0.778 bits per heavy atom. The summed E-state index contributed by atoms with van der Waals surface area (Å²) < 4.78 is 5.40. The van der Waals surface area contributed by atoms with Gasteiger partial charge >= 0.3 is 5.97 Å². The molecule has 0 bridgehead atoms. The van der Waals surface area contributed by atoms with Crippen molar-refractivity contribution in [1.29, 1.82) is 0 Å². The average Bonchev–Trinajstić information content (AvgIpc) is 2.74. The first-order valence-corrected chi connectivity index (χ1v) is 8.80. The molecule has 0 aliphatic heterocycles. The molecule has 4 nitrogen and oxygen atoms in total. The number of hydrogen-bond acceptors (Lipinski definition) is 3. The van der Waals surface area contributed by atoms with Gasteiger partial charge in [-0.1, -0.05) is 60.7 Å². The third-order valence-electron chi connectivity index (χ3n) is 4.29. The smallest absolute Gasteiger partial charge is 0.338 e. The van der Waals surface area contributed by atoms with E-state index < -0.39 is 5.97 Å². The first-order chi connectivity index (χ1) is 13.2. The molecule has 0 radical (unpaired) electrons. The molecule has 27 heavy (non-hydrogen) atoms. The van der Waals surface area contributed by atoms with E-state index in [0.29, 0.717) is 12.0 Å². The normalized spacial score (nSPS) is 10.3. The quantitative estimate of drug-likeness (QED) is 0.614. The minimum Gasteiger partial charge on any atom is -0.462 e. The summed E-state index contributed by atoms with van der Waals surface area (Å²) in [7, 11) is 1.69. The van der Waals surface area contributed by atoms with Crippen LogP contribution in [-0.2, 0) is 11.2 Å². The van der Waals surface area contributed by atoms with Gasteiger partial charge in [-0.2, -0.15) is 0 Å². The second-order valence-electron chi connectivity index (χ2n) is 6.12. The SMILES string of the molecule is CN(C(=O)c1ccccc1C(=O)OCCc1ccccc1)c1ccccc1. The second-order valence-corrected chi connectivity index (χ2v) is 6.12. The van der Waals surface area contributed by atoms with E-state index in [1.807, 2.05) is 60.7 Å². The molecular weight excluding hydrogens is 338 g/mol. The van der Waals surface area contributed by atoms with Crippen molar-refractivity contribution in [3.8, 4) is 0 Å². The lowest BCUT2D eigenvalue weighted by molar-refractivity contribution is 0.0506. The summed E-state index contributed by atoms with van der Waals surface area (Å²) in [6.45, 7) is 0.264. The predicted molar refractivity (Wildman–Crippen MR) is 106 cm³/mol. The largest absolute Gasteiger partial charge is 0.462 e. The number of carbonyl (C=O) groups excluding carboxylic acids is 2. The fourth-order valence-corrected chi connectivity index (χ4v) is 2.78. The summed E-state index contributed by atoms with van der Waals surface area (Å²) in [5, 5.41) is 0. The molecule has 0 heterocycles. The van der Waals surface area contributed by atoms with E-state index in [1.165, 1.54) is 4.90 Å². The van der Waals surface area contributed by atoms with Crippen LogP contribution in [0.5, 0.6) is 0 Å². The lowest BCUT2D eigenvalue weighted by Gasteiger charge is -2.18. The Balaban J connectivity index is 1.71. The van der Waals surface area contributed by atoms with E-state index in [-0.39, 0.29) is 18.1 Å². The molecule has 3 aromatic carbocycles. The molecule has 0 N–H and O–H groups in total. The summed E-state index contributed by atoms with van der Waals surface area (Å²) in [6, 6.07) is 25.9. The average molecular weight is 359 g/mol. The van der Waals surface area contributed by atoms with Crippen molar-refractivity contribution in [3.63, 3.8) is 0 Å². The third-order valence-corrected chi connectivity index (χ3v) is 4.29. The Kier molecular flexibility index (Phi) is 6.00. The third kappa shape index (κ3) is 4.61. The lowest BCUT2D eigenvalue weighted by atomic mass is 10.1. The fraction of sp³-hybridized carbons (Fsp3) is 0.130. The fourth-order valence-electron chi connectivity index (χ4n) is 2.78. The van der Waals surface area contributed by atoms with Crippen LogP contribution in [0.4, 0.5) is 5.69 Å². The Morgan fingerprint density at radius 2 is 1.33 bits per heavy atom. The van der Waals surface area contributed by atoms with E-state index in [0.717, 1.165) is 11.3 Å².